The first kappa shape index (κ1) is 17.2. The summed E-state index contributed by atoms with van der Waals surface area (Å²) in [5.41, 5.74) is 6.30. The van der Waals surface area contributed by atoms with Crippen molar-refractivity contribution >= 4 is 22.9 Å². The molecule has 0 spiro atoms. The van der Waals surface area contributed by atoms with Gasteiger partial charge in [0.05, 0.1) is 11.6 Å². The van der Waals surface area contributed by atoms with Crippen LogP contribution in [0.15, 0.2) is 35.4 Å². The van der Waals surface area contributed by atoms with Crippen LogP contribution < -0.4 is 5.43 Å². The first-order valence-corrected chi connectivity index (χ1v) is 8.43. The van der Waals surface area contributed by atoms with E-state index in [9.17, 15) is 15.3 Å². The van der Waals surface area contributed by atoms with Crippen LogP contribution in [0.2, 0.25) is 0 Å². The zero-order valence-corrected chi connectivity index (χ0v) is 15.1. The first-order valence-electron chi connectivity index (χ1n) is 8.02. The fourth-order valence-electron chi connectivity index (χ4n) is 3.01. The highest BCUT2D eigenvalue weighted by atomic mass is 32.1. The Bertz CT molecular complexity index is 890. The number of hydrogen-bond donors (Lipinski definition) is 4. The van der Waals surface area contributed by atoms with Crippen molar-refractivity contribution in [3.8, 4) is 17.2 Å². The number of aryl methyl sites for hydroxylation is 1. The molecular formula is C19H20N2O3S. The van der Waals surface area contributed by atoms with Gasteiger partial charge < -0.3 is 15.3 Å². The van der Waals surface area contributed by atoms with Crippen LogP contribution in [-0.4, -0.2) is 26.0 Å². The molecular weight excluding hydrogens is 336 g/mol. The zero-order chi connectivity index (χ0) is 18.3. The lowest BCUT2D eigenvalue weighted by molar-refractivity contribution is 0.443. The van der Waals surface area contributed by atoms with Crippen LogP contribution in [0.25, 0.3) is 0 Å². The van der Waals surface area contributed by atoms with Gasteiger partial charge in [-0.05, 0) is 41.7 Å². The molecule has 1 unspecified atom stereocenters. The van der Waals surface area contributed by atoms with Gasteiger partial charge in [0.15, 0.2) is 0 Å². The summed E-state index contributed by atoms with van der Waals surface area (Å²) in [6, 6.07) is 8.37. The van der Waals surface area contributed by atoms with Gasteiger partial charge in [0.2, 0.25) is 0 Å². The molecule has 1 atom stereocenters. The molecule has 0 amide bonds. The minimum atomic E-state index is -0.329. The summed E-state index contributed by atoms with van der Waals surface area (Å²) in [6.07, 6.45) is 0. The zero-order valence-electron chi connectivity index (χ0n) is 14.2. The number of aromatic hydroxyl groups is 3. The van der Waals surface area contributed by atoms with Crippen LogP contribution in [0.5, 0.6) is 17.2 Å². The molecule has 0 fully saturated rings. The number of phenolic OH excluding ortho intramolecular Hbond substituents is 3. The van der Waals surface area contributed by atoms with E-state index in [-0.39, 0.29) is 29.1 Å². The third-order valence-electron chi connectivity index (χ3n) is 4.42. The largest absolute Gasteiger partial charge is 0.508 e. The molecule has 0 aliphatic carbocycles. The number of thiocarbonyl (C=S) groups is 1. The normalized spacial score (nSPS) is 16.9. The van der Waals surface area contributed by atoms with Gasteiger partial charge in [0.25, 0.3) is 0 Å². The Balaban J connectivity index is 2.11. The fourth-order valence-corrected chi connectivity index (χ4v) is 3.31. The van der Waals surface area contributed by atoms with E-state index in [4.69, 9.17) is 12.2 Å². The quantitative estimate of drug-likeness (QED) is 0.631. The highest BCUT2D eigenvalue weighted by Gasteiger charge is 2.32. The molecule has 1 aliphatic rings. The van der Waals surface area contributed by atoms with E-state index in [2.05, 4.69) is 10.5 Å². The maximum Gasteiger partial charge on any atom is 0.128 e. The minimum absolute atomic E-state index is 0.0485. The lowest BCUT2D eigenvalue weighted by atomic mass is 9.87. The number of nitrogens with one attached hydrogen (secondary N) is 1. The van der Waals surface area contributed by atoms with Crippen molar-refractivity contribution in [3.63, 3.8) is 0 Å². The fraction of sp³-hybridized carbons (Fsp3) is 0.263. The number of hydrogen-bond acceptors (Lipinski definition) is 5. The molecule has 0 saturated heterocycles. The second-order valence-corrected chi connectivity index (χ2v) is 6.97. The summed E-state index contributed by atoms with van der Waals surface area (Å²) in [4.78, 5) is 0.527. The topological polar surface area (TPSA) is 85.1 Å². The van der Waals surface area contributed by atoms with E-state index in [1.165, 1.54) is 6.07 Å². The van der Waals surface area contributed by atoms with Gasteiger partial charge in [-0.25, -0.2) is 0 Å². The Morgan fingerprint density at radius 3 is 2.40 bits per heavy atom. The Morgan fingerprint density at radius 1 is 1.04 bits per heavy atom. The van der Waals surface area contributed by atoms with Gasteiger partial charge in [-0.15, -0.1) is 0 Å². The number of hydrazone groups is 1. The van der Waals surface area contributed by atoms with Gasteiger partial charge in [-0.3, -0.25) is 5.43 Å². The van der Waals surface area contributed by atoms with Crippen LogP contribution in [0, 0.1) is 6.92 Å². The SMILES string of the molecule is Cc1cc(C2C(=S)NN=C2c2cc(C(C)C)c(O)cc2O)ccc1O. The van der Waals surface area contributed by atoms with E-state index >= 15 is 0 Å². The molecule has 0 saturated carbocycles. The number of benzene rings is 2. The highest BCUT2D eigenvalue weighted by Crippen LogP contribution is 2.37. The average Bonchev–Trinajstić information content (AvgIpc) is 2.91. The van der Waals surface area contributed by atoms with E-state index in [1.54, 1.807) is 18.2 Å². The summed E-state index contributed by atoms with van der Waals surface area (Å²) < 4.78 is 0. The monoisotopic (exact) mass is 356 g/mol. The Labute approximate surface area is 151 Å². The van der Waals surface area contributed by atoms with Crippen molar-refractivity contribution in [2.24, 2.45) is 5.10 Å². The van der Waals surface area contributed by atoms with E-state index in [0.717, 1.165) is 16.7 Å². The van der Waals surface area contributed by atoms with Crippen LogP contribution in [0.3, 0.4) is 0 Å². The Kier molecular flexibility index (Phi) is 4.39. The molecule has 2 aromatic rings. The number of phenols is 3. The van der Waals surface area contributed by atoms with Crippen LogP contribution in [-0.2, 0) is 0 Å². The molecule has 130 valence electrons. The Morgan fingerprint density at radius 2 is 1.76 bits per heavy atom. The van der Waals surface area contributed by atoms with Crippen LogP contribution in [0.1, 0.15) is 47.9 Å². The molecule has 5 nitrogen and oxygen atoms in total. The molecule has 4 N–H and O–H groups in total. The summed E-state index contributed by atoms with van der Waals surface area (Å²) in [5.74, 6) is -0.0101. The molecule has 2 aromatic carbocycles. The van der Waals surface area contributed by atoms with E-state index in [0.29, 0.717) is 16.3 Å². The molecule has 25 heavy (non-hydrogen) atoms. The summed E-state index contributed by atoms with van der Waals surface area (Å²) in [5, 5.41) is 34.5. The molecule has 1 heterocycles. The molecule has 1 aliphatic heterocycles. The van der Waals surface area contributed by atoms with Crippen LogP contribution >= 0.6 is 12.2 Å². The van der Waals surface area contributed by atoms with Gasteiger partial charge in [0, 0.05) is 11.6 Å². The predicted molar refractivity (Wildman–Crippen MR) is 102 cm³/mol. The van der Waals surface area contributed by atoms with Crippen molar-refractivity contribution in [2.75, 3.05) is 0 Å². The summed E-state index contributed by atoms with van der Waals surface area (Å²) >= 11 is 5.41. The lowest BCUT2D eigenvalue weighted by Crippen LogP contribution is -2.20. The Hall–Kier alpha value is -2.60. The van der Waals surface area contributed by atoms with Crippen molar-refractivity contribution in [1.29, 1.82) is 0 Å². The molecule has 3 rings (SSSR count). The third-order valence-corrected chi connectivity index (χ3v) is 4.75. The van der Waals surface area contributed by atoms with Gasteiger partial charge in [0.1, 0.15) is 22.2 Å². The standard InChI is InChI=1S/C19H20N2O3S/c1-9(2)12-7-13(16(24)8-15(12)23)18-17(19(25)21-20-18)11-4-5-14(22)10(3)6-11/h4-9,17,22-24H,1-3H3,(H,21,25). The molecule has 6 heteroatoms. The maximum absolute atomic E-state index is 10.4. The lowest BCUT2D eigenvalue weighted by Gasteiger charge is -2.17. The van der Waals surface area contributed by atoms with E-state index in [1.807, 2.05) is 26.8 Å². The molecule has 0 radical (unpaired) electrons. The van der Waals surface area contributed by atoms with Crippen LogP contribution in [0.4, 0.5) is 0 Å². The smallest absolute Gasteiger partial charge is 0.128 e. The van der Waals surface area contributed by atoms with Crippen molar-refractivity contribution in [1.82, 2.24) is 5.43 Å². The van der Waals surface area contributed by atoms with Crippen molar-refractivity contribution in [3.05, 3.63) is 52.6 Å². The molecule has 0 aromatic heterocycles. The third kappa shape index (κ3) is 3.05. The minimum Gasteiger partial charge on any atom is -0.508 e. The molecule has 0 bridgehead atoms. The first-order chi connectivity index (χ1) is 11.8. The summed E-state index contributed by atoms with van der Waals surface area (Å²) in [7, 11) is 0. The highest BCUT2D eigenvalue weighted by molar-refractivity contribution is 7.80. The average molecular weight is 356 g/mol. The van der Waals surface area contributed by atoms with E-state index < -0.39 is 0 Å². The number of rotatable bonds is 3. The summed E-state index contributed by atoms with van der Waals surface area (Å²) in [6.45, 7) is 5.75. The second kappa shape index (κ2) is 6.37. The van der Waals surface area contributed by atoms with Gasteiger partial charge >= 0.3 is 0 Å². The number of nitrogens with zero attached hydrogens (tertiary/aromatic N) is 1. The predicted octanol–water partition coefficient (Wildman–Crippen LogP) is 3.65. The maximum atomic E-state index is 10.4. The van der Waals surface area contributed by atoms with Crippen molar-refractivity contribution < 1.29 is 15.3 Å². The van der Waals surface area contributed by atoms with Gasteiger partial charge in [-0.1, -0.05) is 38.2 Å². The van der Waals surface area contributed by atoms with Crippen molar-refractivity contribution in [2.45, 2.75) is 32.6 Å². The van der Waals surface area contributed by atoms with Gasteiger partial charge in [-0.2, -0.15) is 5.10 Å². The second-order valence-electron chi connectivity index (χ2n) is 6.53.